The first-order valence-corrected chi connectivity index (χ1v) is 12.1. The Morgan fingerprint density at radius 2 is 1.81 bits per heavy atom. The number of rotatable bonds is 8. The number of carbonyl (C=O) groups excluding carboxylic acids is 2. The van der Waals surface area contributed by atoms with E-state index in [0.717, 1.165) is 31.9 Å². The number of amides is 2. The number of benzene rings is 2. The van der Waals surface area contributed by atoms with Crippen molar-refractivity contribution in [2.75, 3.05) is 38.1 Å². The van der Waals surface area contributed by atoms with E-state index in [1.54, 1.807) is 19.9 Å². The Kier molecular flexibility index (Phi) is 9.25. The van der Waals surface area contributed by atoms with E-state index in [2.05, 4.69) is 25.6 Å². The molecule has 2 N–H and O–H groups in total. The number of non-ortho nitro benzene ring substituents is 1. The van der Waals surface area contributed by atoms with Gasteiger partial charge in [-0.3, -0.25) is 19.7 Å². The van der Waals surface area contributed by atoms with E-state index in [0.29, 0.717) is 10.6 Å². The van der Waals surface area contributed by atoms with E-state index >= 15 is 0 Å². The van der Waals surface area contributed by atoms with Crippen molar-refractivity contribution in [3.8, 4) is 0 Å². The lowest BCUT2D eigenvalue weighted by atomic mass is 10.0. The molecule has 1 fully saturated rings. The van der Waals surface area contributed by atoms with E-state index < -0.39 is 22.8 Å². The second-order valence-electron chi connectivity index (χ2n) is 8.84. The summed E-state index contributed by atoms with van der Waals surface area (Å²) >= 11 is 12.0. The zero-order valence-corrected chi connectivity index (χ0v) is 21.7. The van der Waals surface area contributed by atoms with Crippen LogP contribution in [0.4, 0.5) is 11.4 Å². The molecule has 0 bridgehead atoms. The first-order valence-electron chi connectivity index (χ1n) is 11.4. The molecule has 1 heterocycles. The zero-order valence-electron chi connectivity index (χ0n) is 20.2. The van der Waals surface area contributed by atoms with Crippen LogP contribution in [0.25, 0.3) is 0 Å². The summed E-state index contributed by atoms with van der Waals surface area (Å²) in [5.41, 5.74) is 3.86. The van der Waals surface area contributed by atoms with E-state index in [-0.39, 0.29) is 22.2 Å². The monoisotopic (exact) mass is 534 g/mol. The molecule has 0 radical (unpaired) electrons. The third kappa shape index (κ3) is 6.93. The van der Waals surface area contributed by atoms with E-state index in [1.165, 1.54) is 36.5 Å². The molecule has 3 rings (SSSR count). The summed E-state index contributed by atoms with van der Waals surface area (Å²) in [5.74, 6) is -1.31. The van der Waals surface area contributed by atoms with Crippen molar-refractivity contribution in [1.29, 1.82) is 0 Å². The zero-order chi connectivity index (χ0) is 26.4. The molecule has 0 aliphatic carbocycles. The lowest BCUT2D eigenvalue weighted by Crippen LogP contribution is -2.48. The minimum atomic E-state index is -0.899. The van der Waals surface area contributed by atoms with Crippen molar-refractivity contribution < 1.29 is 14.5 Å². The van der Waals surface area contributed by atoms with Crippen LogP contribution < -0.4 is 15.6 Å². The summed E-state index contributed by atoms with van der Waals surface area (Å²) in [4.78, 5) is 40.7. The quantitative estimate of drug-likeness (QED) is 0.303. The average molecular weight is 535 g/mol. The van der Waals surface area contributed by atoms with E-state index in [4.69, 9.17) is 23.2 Å². The summed E-state index contributed by atoms with van der Waals surface area (Å²) in [6.45, 7) is 6.80. The van der Waals surface area contributed by atoms with Crippen LogP contribution in [0.1, 0.15) is 29.8 Å². The van der Waals surface area contributed by atoms with Crippen LogP contribution in [-0.2, 0) is 4.79 Å². The van der Waals surface area contributed by atoms with Gasteiger partial charge in [0.2, 0.25) is 0 Å². The highest BCUT2D eigenvalue weighted by atomic mass is 35.5. The lowest BCUT2D eigenvalue weighted by Gasteiger charge is -2.34. The fourth-order valence-electron chi connectivity index (χ4n) is 3.76. The van der Waals surface area contributed by atoms with Gasteiger partial charge in [0.1, 0.15) is 6.04 Å². The van der Waals surface area contributed by atoms with Gasteiger partial charge in [0.25, 0.3) is 17.5 Å². The number of hydrogen-bond acceptors (Lipinski definition) is 7. The SMILES string of the molecule is CC(C)C(NC(=O)c1ccc(Cl)cc1Cl)C(=O)N/N=C/c1cc([N+](=O)[O-])ccc1N1CCN(C)CC1. The largest absolute Gasteiger partial charge is 0.368 e. The third-order valence-corrected chi connectivity index (χ3v) is 6.40. The number of halogens is 2. The van der Waals surface area contributed by atoms with Gasteiger partial charge in [0.05, 0.1) is 21.7 Å². The number of hydrazone groups is 1. The van der Waals surface area contributed by atoms with Gasteiger partial charge in [-0.25, -0.2) is 5.43 Å². The Labute approximate surface area is 219 Å². The first kappa shape index (κ1) is 27.4. The molecule has 1 aliphatic heterocycles. The second kappa shape index (κ2) is 12.2. The molecule has 36 heavy (non-hydrogen) atoms. The van der Waals surface area contributed by atoms with Crippen molar-refractivity contribution in [2.45, 2.75) is 19.9 Å². The van der Waals surface area contributed by atoms with Gasteiger partial charge in [-0.05, 0) is 37.2 Å². The maximum atomic E-state index is 12.9. The maximum Gasteiger partial charge on any atom is 0.270 e. The van der Waals surface area contributed by atoms with Gasteiger partial charge in [0, 0.05) is 54.6 Å². The fourth-order valence-corrected chi connectivity index (χ4v) is 4.25. The number of nitro benzene ring substituents is 1. The van der Waals surface area contributed by atoms with Crippen LogP contribution >= 0.6 is 23.2 Å². The minimum absolute atomic E-state index is 0.0761. The molecule has 0 spiro atoms. The van der Waals surface area contributed by atoms with Crippen LogP contribution in [0.2, 0.25) is 10.0 Å². The smallest absolute Gasteiger partial charge is 0.270 e. The first-order chi connectivity index (χ1) is 17.1. The highest BCUT2D eigenvalue weighted by molar-refractivity contribution is 6.36. The predicted molar refractivity (Wildman–Crippen MR) is 141 cm³/mol. The molecule has 2 aromatic carbocycles. The molecule has 12 heteroatoms. The summed E-state index contributed by atoms with van der Waals surface area (Å²) in [7, 11) is 2.04. The Morgan fingerprint density at radius 1 is 1.11 bits per heavy atom. The summed E-state index contributed by atoms with van der Waals surface area (Å²) in [6.07, 6.45) is 1.38. The lowest BCUT2D eigenvalue weighted by molar-refractivity contribution is -0.384. The van der Waals surface area contributed by atoms with Gasteiger partial charge in [0.15, 0.2) is 0 Å². The Hall–Kier alpha value is -3.21. The van der Waals surface area contributed by atoms with Gasteiger partial charge in [-0.15, -0.1) is 0 Å². The molecule has 1 aliphatic rings. The highest BCUT2D eigenvalue weighted by Gasteiger charge is 2.25. The average Bonchev–Trinajstić information content (AvgIpc) is 2.82. The van der Waals surface area contributed by atoms with Crippen molar-refractivity contribution >= 4 is 52.6 Å². The Balaban J connectivity index is 1.75. The van der Waals surface area contributed by atoms with Gasteiger partial charge in [-0.1, -0.05) is 37.0 Å². The van der Waals surface area contributed by atoms with Crippen LogP contribution in [-0.4, -0.2) is 67.1 Å². The fraction of sp³-hybridized carbons (Fsp3) is 0.375. The number of anilines is 1. The molecule has 1 unspecified atom stereocenters. The van der Waals surface area contributed by atoms with Crippen LogP contribution in [0.5, 0.6) is 0 Å². The molecule has 2 amide bonds. The molecule has 1 atom stereocenters. The van der Waals surface area contributed by atoms with E-state index in [1.807, 2.05) is 7.05 Å². The van der Waals surface area contributed by atoms with Crippen LogP contribution in [0.15, 0.2) is 41.5 Å². The number of nitro groups is 1. The standard InChI is InChI=1S/C24H28Cl2N6O4/c1-15(2)22(28-23(33)19-6-4-17(25)13-20(19)26)24(34)29-27-14-16-12-18(32(35)36)5-7-21(16)31-10-8-30(3)9-11-31/h4-7,12-15,22H,8-11H2,1-3H3,(H,28,33)(H,29,34)/b27-14+. The summed E-state index contributed by atoms with van der Waals surface area (Å²) in [5, 5.41) is 18.6. The number of nitrogens with zero attached hydrogens (tertiary/aromatic N) is 4. The van der Waals surface area contributed by atoms with Gasteiger partial charge >= 0.3 is 0 Å². The van der Waals surface area contributed by atoms with Crippen molar-refractivity contribution in [2.24, 2.45) is 11.0 Å². The van der Waals surface area contributed by atoms with Gasteiger partial charge in [-0.2, -0.15) is 5.10 Å². The highest BCUT2D eigenvalue weighted by Crippen LogP contribution is 2.25. The third-order valence-electron chi connectivity index (χ3n) is 5.86. The predicted octanol–water partition coefficient (Wildman–Crippen LogP) is 3.56. The number of carbonyl (C=O) groups is 2. The molecule has 1 saturated heterocycles. The topological polar surface area (TPSA) is 120 Å². The number of piperazine rings is 1. The van der Waals surface area contributed by atoms with Crippen LogP contribution in [0.3, 0.4) is 0 Å². The summed E-state index contributed by atoms with van der Waals surface area (Å²) < 4.78 is 0. The Bertz CT molecular complexity index is 1170. The minimum Gasteiger partial charge on any atom is -0.368 e. The molecular weight excluding hydrogens is 507 g/mol. The molecule has 2 aromatic rings. The van der Waals surface area contributed by atoms with Gasteiger partial charge < -0.3 is 15.1 Å². The van der Waals surface area contributed by atoms with Crippen molar-refractivity contribution in [3.63, 3.8) is 0 Å². The number of hydrogen-bond donors (Lipinski definition) is 2. The van der Waals surface area contributed by atoms with Crippen molar-refractivity contribution in [3.05, 3.63) is 67.7 Å². The normalized spacial score (nSPS) is 15.2. The van der Waals surface area contributed by atoms with E-state index in [9.17, 15) is 19.7 Å². The maximum absolute atomic E-state index is 12.9. The molecule has 0 aromatic heterocycles. The number of likely N-dealkylation sites (N-methyl/N-ethyl adjacent to an activating group) is 1. The summed E-state index contributed by atoms with van der Waals surface area (Å²) in [6, 6.07) is 8.14. The molecule has 0 saturated carbocycles. The van der Waals surface area contributed by atoms with Crippen molar-refractivity contribution in [1.82, 2.24) is 15.6 Å². The second-order valence-corrected chi connectivity index (χ2v) is 9.69. The molecular formula is C24H28Cl2N6O4. The van der Waals surface area contributed by atoms with Crippen LogP contribution in [0, 0.1) is 16.0 Å². The molecule has 10 nitrogen and oxygen atoms in total. The Morgan fingerprint density at radius 3 is 2.42 bits per heavy atom. The number of nitrogens with one attached hydrogen (secondary N) is 2. The molecule has 192 valence electrons.